The normalized spacial score (nSPS) is 11.1. The minimum absolute atomic E-state index is 0.191. The van der Waals surface area contributed by atoms with Gasteiger partial charge in [-0.15, -0.1) is 6.58 Å². The number of sulfonamides is 1. The van der Waals surface area contributed by atoms with Crippen LogP contribution in [0.5, 0.6) is 5.75 Å². The second-order valence-corrected chi connectivity index (χ2v) is 6.92. The second kappa shape index (κ2) is 8.85. The highest BCUT2D eigenvalue weighted by molar-refractivity contribution is 7.89. The summed E-state index contributed by atoms with van der Waals surface area (Å²) in [7, 11) is -2.03. The number of ether oxygens (including phenoxy) is 1. The van der Waals surface area contributed by atoms with Crippen LogP contribution >= 0.6 is 12.2 Å². The Labute approximate surface area is 143 Å². The standard InChI is InChI=1S/C15H23N3O3S2/c1-5-10-16-15(22)17-13-11-12(8-9-14(13)21-4)23(19,20)18(6-2)7-3/h5,8-9,11H,1,6-7,10H2,2-4H3,(H2,16,17,22). The topological polar surface area (TPSA) is 70.7 Å². The summed E-state index contributed by atoms with van der Waals surface area (Å²) in [5.41, 5.74) is 0.488. The van der Waals surface area contributed by atoms with Crippen LogP contribution < -0.4 is 15.4 Å². The molecule has 0 aromatic heterocycles. The van der Waals surface area contributed by atoms with Gasteiger partial charge in [0.05, 0.1) is 17.7 Å². The number of thiocarbonyl (C=S) groups is 1. The van der Waals surface area contributed by atoms with Gasteiger partial charge < -0.3 is 15.4 Å². The van der Waals surface area contributed by atoms with Gasteiger partial charge in [-0.25, -0.2) is 8.42 Å². The fraction of sp³-hybridized carbons (Fsp3) is 0.400. The first-order valence-corrected chi connectivity index (χ1v) is 9.09. The van der Waals surface area contributed by atoms with E-state index in [-0.39, 0.29) is 4.90 Å². The molecule has 0 aliphatic carbocycles. The Morgan fingerprint density at radius 3 is 2.57 bits per heavy atom. The van der Waals surface area contributed by atoms with Crippen molar-refractivity contribution < 1.29 is 13.2 Å². The number of hydrogen-bond donors (Lipinski definition) is 2. The molecule has 0 amide bonds. The summed E-state index contributed by atoms with van der Waals surface area (Å²) in [4.78, 5) is 0.191. The van der Waals surface area contributed by atoms with Crippen molar-refractivity contribution in [2.75, 3.05) is 32.1 Å². The summed E-state index contributed by atoms with van der Waals surface area (Å²) >= 11 is 5.16. The highest BCUT2D eigenvalue weighted by Crippen LogP contribution is 2.28. The fourth-order valence-corrected chi connectivity index (χ4v) is 3.67. The van der Waals surface area contributed by atoms with E-state index in [1.54, 1.807) is 26.0 Å². The number of benzene rings is 1. The van der Waals surface area contributed by atoms with Crippen LogP contribution in [0.4, 0.5) is 5.69 Å². The molecule has 0 fully saturated rings. The van der Waals surface area contributed by atoms with E-state index in [1.165, 1.54) is 23.5 Å². The van der Waals surface area contributed by atoms with Crippen molar-refractivity contribution in [2.45, 2.75) is 18.7 Å². The highest BCUT2D eigenvalue weighted by Gasteiger charge is 2.23. The lowest BCUT2D eigenvalue weighted by molar-refractivity contribution is 0.416. The van der Waals surface area contributed by atoms with Gasteiger partial charge in [-0.1, -0.05) is 19.9 Å². The zero-order chi connectivity index (χ0) is 17.5. The minimum Gasteiger partial charge on any atom is -0.495 e. The van der Waals surface area contributed by atoms with Crippen LogP contribution in [-0.2, 0) is 10.0 Å². The van der Waals surface area contributed by atoms with Gasteiger partial charge in [-0.2, -0.15) is 4.31 Å². The Bertz CT molecular complexity index is 656. The molecule has 0 saturated heterocycles. The van der Waals surface area contributed by atoms with Crippen LogP contribution in [0, 0.1) is 0 Å². The minimum atomic E-state index is -3.54. The van der Waals surface area contributed by atoms with E-state index in [2.05, 4.69) is 17.2 Å². The predicted molar refractivity (Wildman–Crippen MR) is 97.5 cm³/mol. The molecule has 0 bridgehead atoms. The van der Waals surface area contributed by atoms with Crippen LogP contribution in [0.3, 0.4) is 0 Å². The molecule has 1 rings (SSSR count). The van der Waals surface area contributed by atoms with E-state index in [4.69, 9.17) is 17.0 Å². The third-order valence-corrected chi connectivity index (χ3v) is 5.46. The van der Waals surface area contributed by atoms with Crippen molar-refractivity contribution in [1.82, 2.24) is 9.62 Å². The van der Waals surface area contributed by atoms with Crippen molar-refractivity contribution in [3.63, 3.8) is 0 Å². The lowest BCUT2D eigenvalue weighted by atomic mass is 10.3. The quantitative estimate of drug-likeness (QED) is 0.549. The molecule has 0 radical (unpaired) electrons. The highest BCUT2D eigenvalue weighted by atomic mass is 32.2. The van der Waals surface area contributed by atoms with E-state index < -0.39 is 10.0 Å². The van der Waals surface area contributed by atoms with Gasteiger partial charge in [-0.05, 0) is 30.4 Å². The van der Waals surface area contributed by atoms with Crippen LogP contribution in [0.1, 0.15) is 13.8 Å². The Hall–Kier alpha value is -1.64. The maximum atomic E-state index is 12.6. The molecule has 2 N–H and O–H groups in total. The molecule has 1 aromatic rings. The van der Waals surface area contributed by atoms with Crippen molar-refractivity contribution in [1.29, 1.82) is 0 Å². The maximum Gasteiger partial charge on any atom is 0.243 e. The summed E-state index contributed by atoms with van der Waals surface area (Å²) in [6, 6.07) is 4.65. The van der Waals surface area contributed by atoms with Crippen molar-refractivity contribution in [3.05, 3.63) is 30.9 Å². The molecule has 0 atom stereocenters. The maximum absolute atomic E-state index is 12.6. The zero-order valence-electron chi connectivity index (χ0n) is 13.6. The van der Waals surface area contributed by atoms with Crippen molar-refractivity contribution >= 4 is 33.0 Å². The number of nitrogens with one attached hydrogen (secondary N) is 2. The van der Waals surface area contributed by atoms with Gasteiger partial charge >= 0.3 is 0 Å². The lowest BCUT2D eigenvalue weighted by Gasteiger charge is -2.20. The summed E-state index contributed by atoms with van der Waals surface area (Å²) < 4.78 is 31.8. The molecule has 1 aromatic carbocycles. The summed E-state index contributed by atoms with van der Waals surface area (Å²) in [5.74, 6) is 0.506. The van der Waals surface area contributed by atoms with Gasteiger partial charge in [0.15, 0.2) is 5.11 Å². The Morgan fingerprint density at radius 1 is 1.39 bits per heavy atom. The summed E-state index contributed by atoms with van der Waals surface area (Å²) in [6.07, 6.45) is 1.67. The average Bonchev–Trinajstić information content (AvgIpc) is 2.53. The molecule has 0 heterocycles. The number of methoxy groups -OCH3 is 1. The molecule has 0 spiro atoms. The van der Waals surface area contributed by atoms with E-state index >= 15 is 0 Å². The molecule has 8 heteroatoms. The molecule has 0 aliphatic heterocycles. The number of rotatable bonds is 8. The molecule has 128 valence electrons. The number of nitrogens with zero attached hydrogens (tertiary/aromatic N) is 1. The molecule has 6 nitrogen and oxygen atoms in total. The van der Waals surface area contributed by atoms with Crippen molar-refractivity contribution in [2.24, 2.45) is 0 Å². The average molecular weight is 358 g/mol. The van der Waals surface area contributed by atoms with Crippen molar-refractivity contribution in [3.8, 4) is 5.75 Å². The Morgan fingerprint density at radius 2 is 2.04 bits per heavy atom. The molecule has 0 unspecified atom stereocenters. The smallest absolute Gasteiger partial charge is 0.243 e. The summed E-state index contributed by atoms with van der Waals surface area (Å²) in [6.45, 7) is 8.53. The predicted octanol–water partition coefficient (Wildman–Crippen LogP) is 2.20. The third-order valence-electron chi connectivity index (χ3n) is 3.17. The van der Waals surface area contributed by atoms with E-state index in [9.17, 15) is 8.42 Å². The van der Waals surface area contributed by atoms with Gasteiger partial charge in [0, 0.05) is 19.6 Å². The van der Waals surface area contributed by atoms with E-state index in [0.717, 1.165) is 0 Å². The molecule has 23 heavy (non-hydrogen) atoms. The fourth-order valence-electron chi connectivity index (χ4n) is 1.99. The van der Waals surface area contributed by atoms with Gasteiger partial charge in [0.25, 0.3) is 0 Å². The summed E-state index contributed by atoms with van der Waals surface area (Å²) in [5, 5.41) is 6.23. The monoisotopic (exact) mass is 357 g/mol. The van der Waals surface area contributed by atoms with Gasteiger partial charge in [-0.3, -0.25) is 0 Å². The molecule has 0 saturated carbocycles. The first-order chi connectivity index (χ1) is 10.9. The van der Waals surface area contributed by atoms with Crippen LogP contribution in [-0.4, -0.2) is 44.6 Å². The Kier molecular flexibility index (Phi) is 7.47. The van der Waals surface area contributed by atoms with Gasteiger partial charge in [0.1, 0.15) is 5.75 Å². The molecule has 0 aliphatic rings. The first kappa shape index (κ1) is 19.4. The van der Waals surface area contributed by atoms with Gasteiger partial charge in [0.2, 0.25) is 10.0 Å². The van der Waals surface area contributed by atoms with Crippen LogP contribution in [0.25, 0.3) is 0 Å². The van der Waals surface area contributed by atoms with Crippen LogP contribution in [0.2, 0.25) is 0 Å². The zero-order valence-corrected chi connectivity index (χ0v) is 15.3. The second-order valence-electron chi connectivity index (χ2n) is 4.58. The number of hydrogen-bond acceptors (Lipinski definition) is 4. The van der Waals surface area contributed by atoms with E-state index in [0.29, 0.717) is 36.2 Å². The van der Waals surface area contributed by atoms with Crippen LogP contribution in [0.15, 0.2) is 35.7 Å². The third kappa shape index (κ3) is 4.92. The molecular formula is C15H23N3O3S2. The lowest BCUT2D eigenvalue weighted by Crippen LogP contribution is -2.31. The first-order valence-electron chi connectivity index (χ1n) is 7.24. The number of anilines is 1. The SMILES string of the molecule is C=CCNC(=S)Nc1cc(S(=O)(=O)N(CC)CC)ccc1OC. The largest absolute Gasteiger partial charge is 0.495 e. The van der Waals surface area contributed by atoms with E-state index in [1.807, 2.05) is 0 Å². The molecular weight excluding hydrogens is 334 g/mol. The Balaban J connectivity index is 3.16.